The number of halogens is 2. The maximum absolute atomic E-state index is 12.6. The van der Waals surface area contributed by atoms with Gasteiger partial charge in [0, 0.05) is 12.4 Å². The van der Waals surface area contributed by atoms with Gasteiger partial charge >= 0.3 is 0 Å². The number of hydrogen-bond donors (Lipinski definition) is 0. The van der Waals surface area contributed by atoms with Gasteiger partial charge in [0.2, 0.25) is 0 Å². The molecule has 0 rings (SSSR count). The first-order chi connectivity index (χ1) is 3.62. The van der Waals surface area contributed by atoms with Gasteiger partial charge in [0.05, 0.1) is 6.61 Å². The van der Waals surface area contributed by atoms with Gasteiger partial charge in [0.15, 0.2) is 0 Å². The van der Waals surface area contributed by atoms with Gasteiger partial charge in [-0.05, 0) is 6.92 Å². The average molecular weight is 185 g/mol. The first kappa shape index (κ1) is 8.37. The lowest BCUT2D eigenvalue weighted by atomic mass is 10.2. The predicted octanol–water partition coefficient (Wildman–Crippen LogP) is 1.76. The van der Waals surface area contributed by atoms with Gasteiger partial charge in [-0.1, -0.05) is 15.9 Å². The Morgan fingerprint density at radius 1 is 1.75 bits per heavy atom. The lowest BCUT2D eigenvalue weighted by Gasteiger charge is -2.14. The second-order valence-corrected chi connectivity index (χ2v) is 2.54. The van der Waals surface area contributed by atoms with Crippen molar-refractivity contribution < 1.29 is 9.13 Å². The smallest absolute Gasteiger partial charge is 0.141 e. The number of ether oxygens (including phenoxy) is 1. The molecule has 0 aromatic heterocycles. The van der Waals surface area contributed by atoms with Crippen LogP contribution in [0.4, 0.5) is 4.39 Å². The Bertz CT molecular complexity index is 65.4. The molecule has 0 saturated carbocycles. The summed E-state index contributed by atoms with van der Waals surface area (Å²) in [6.07, 6.45) is 0. The minimum absolute atomic E-state index is 0.151. The Labute approximate surface area is 57.3 Å². The lowest BCUT2D eigenvalue weighted by Crippen LogP contribution is -2.25. The second-order valence-electron chi connectivity index (χ2n) is 1.98. The van der Waals surface area contributed by atoms with Crippen molar-refractivity contribution >= 4 is 15.9 Å². The summed E-state index contributed by atoms with van der Waals surface area (Å²) in [5, 5.41) is 0.327. The third-order valence-corrected chi connectivity index (χ3v) is 1.89. The van der Waals surface area contributed by atoms with Crippen molar-refractivity contribution in [3.8, 4) is 0 Å². The van der Waals surface area contributed by atoms with E-state index in [1.807, 2.05) is 0 Å². The molecule has 0 aromatic rings. The number of methoxy groups -OCH3 is 1. The summed E-state index contributed by atoms with van der Waals surface area (Å²) in [4.78, 5) is 0. The summed E-state index contributed by atoms with van der Waals surface area (Å²) in [6.45, 7) is 1.64. The topological polar surface area (TPSA) is 9.23 Å². The van der Waals surface area contributed by atoms with Crippen molar-refractivity contribution in [3.63, 3.8) is 0 Å². The molecule has 1 atom stereocenters. The summed E-state index contributed by atoms with van der Waals surface area (Å²) in [6, 6.07) is 0. The van der Waals surface area contributed by atoms with Crippen molar-refractivity contribution in [2.45, 2.75) is 12.6 Å². The maximum Gasteiger partial charge on any atom is 0.141 e. The SMILES string of the molecule is COCC(C)(F)CBr. The molecule has 8 heavy (non-hydrogen) atoms. The molecule has 0 bridgehead atoms. The normalized spacial score (nSPS) is 18.0. The molecule has 0 aromatic carbocycles. The van der Waals surface area contributed by atoms with Crippen molar-refractivity contribution in [1.29, 1.82) is 0 Å². The van der Waals surface area contributed by atoms with Crippen LogP contribution in [0, 0.1) is 0 Å². The van der Waals surface area contributed by atoms with Crippen LogP contribution in [0.3, 0.4) is 0 Å². The van der Waals surface area contributed by atoms with E-state index in [2.05, 4.69) is 20.7 Å². The standard InChI is InChI=1S/C5H10BrFO/c1-5(7,3-6)4-8-2/h3-4H2,1-2H3. The Morgan fingerprint density at radius 2 is 2.25 bits per heavy atom. The Hall–Kier alpha value is 0.370. The Balaban J connectivity index is 3.37. The summed E-state index contributed by atoms with van der Waals surface area (Å²) in [5.41, 5.74) is -1.21. The van der Waals surface area contributed by atoms with Gasteiger partial charge in [0.25, 0.3) is 0 Å². The molecule has 0 amide bonds. The van der Waals surface area contributed by atoms with Crippen molar-refractivity contribution in [3.05, 3.63) is 0 Å². The molecule has 0 aliphatic carbocycles. The highest BCUT2D eigenvalue weighted by Crippen LogP contribution is 2.12. The average Bonchev–Trinajstić information content (AvgIpc) is 1.67. The molecule has 3 heteroatoms. The van der Waals surface area contributed by atoms with Crippen LogP contribution < -0.4 is 0 Å². The van der Waals surface area contributed by atoms with Crippen LogP contribution in [-0.2, 0) is 4.74 Å². The molecule has 0 spiro atoms. The van der Waals surface area contributed by atoms with E-state index in [1.165, 1.54) is 14.0 Å². The number of rotatable bonds is 3. The molecule has 0 aliphatic heterocycles. The van der Waals surface area contributed by atoms with E-state index in [-0.39, 0.29) is 6.61 Å². The van der Waals surface area contributed by atoms with Crippen molar-refractivity contribution in [1.82, 2.24) is 0 Å². The highest BCUT2D eigenvalue weighted by molar-refractivity contribution is 9.09. The fraction of sp³-hybridized carbons (Fsp3) is 1.00. The van der Waals surface area contributed by atoms with E-state index in [9.17, 15) is 4.39 Å². The van der Waals surface area contributed by atoms with E-state index < -0.39 is 5.67 Å². The third kappa shape index (κ3) is 3.38. The first-order valence-corrected chi connectivity index (χ1v) is 3.48. The van der Waals surface area contributed by atoms with Crippen LogP contribution in [0.25, 0.3) is 0 Å². The second kappa shape index (κ2) is 3.41. The van der Waals surface area contributed by atoms with E-state index in [0.29, 0.717) is 5.33 Å². The summed E-state index contributed by atoms with van der Waals surface area (Å²) < 4.78 is 17.2. The van der Waals surface area contributed by atoms with Gasteiger partial charge in [-0.25, -0.2) is 4.39 Å². The molecule has 0 saturated heterocycles. The highest BCUT2D eigenvalue weighted by Gasteiger charge is 2.20. The fourth-order valence-corrected chi connectivity index (χ4v) is 0.501. The van der Waals surface area contributed by atoms with Crippen LogP contribution in [0.1, 0.15) is 6.92 Å². The number of hydrogen-bond acceptors (Lipinski definition) is 1. The largest absolute Gasteiger partial charge is 0.381 e. The minimum atomic E-state index is -1.21. The highest BCUT2D eigenvalue weighted by atomic mass is 79.9. The monoisotopic (exact) mass is 184 g/mol. The Kier molecular flexibility index (Phi) is 3.56. The maximum atomic E-state index is 12.6. The molecule has 1 unspecified atom stereocenters. The Morgan fingerprint density at radius 3 is 2.38 bits per heavy atom. The minimum Gasteiger partial charge on any atom is -0.381 e. The molecule has 0 fully saturated rings. The molecule has 0 heterocycles. The van der Waals surface area contributed by atoms with Crippen LogP contribution in [0.15, 0.2) is 0 Å². The van der Waals surface area contributed by atoms with Crippen LogP contribution in [-0.4, -0.2) is 24.7 Å². The summed E-state index contributed by atoms with van der Waals surface area (Å²) in [5.74, 6) is 0. The summed E-state index contributed by atoms with van der Waals surface area (Å²) >= 11 is 3.02. The zero-order valence-corrected chi connectivity index (χ0v) is 6.66. The molecule has 0 aliphatic rings. The molecule has 0 radical (unpaired) electrons. The van der Waals surface area contributed by atoms with Crippen molar-refractivity contribution in [2.24, 2.45) is 0 Å². The molecular weight excluding hydrogens is 175 g/mol. The van der Waals surface area contributed by atoms with Gasteiger partial charge in [-0.15, -0.1) is 0 Å². The zero-order valence-electron chi connectivity index (χ0n) is 5.08. The van der Waals surface area contributed by atoms with Gasteiger partial charge < -0.3 is 4.74 Å². The van der Waals surface area contributed by atoms with E-state index in [1.54, 1.807) is 0 Å². The lowest BCUT2D eigenvalue weighted by molar-refractivity contribution is 0.0727. The quantitative estimate of drug-likeness (QED) is 0.608. The van der Waals surface area contributed by atoms with Crippen molar-refractivity contribution in [2.75, 3.05) is 19.0 Å². The fourth-order valence-electron chi connectivity index (χ4n) is 0.340. The van der Waals surface area contributed by atoms with E-state index >= 15 is 0 Å². The first-order valence-electron chi connectivity index (χ1n) is 2.36. The van der Waals surface area contributed by atoms with Gasteiger partial charge in [-0.2, -0.15) is 0 Å². The van der Waals surface area contributed by atoms with E-state index in [0.717, 1.165) is 0 Å². The summed E-state index contributed by atoms with van der Waals surface area (Å²) in [7, 11) is 1.49. The molecule has 50 valence electrons. The third-order valence-electron chi connectivity index (χ3n) is 0.724. The molecule has 0 N–H and O–H groups in total. The van der Waals surface area contributed by atoms with E-state index in [4.69, 9.17) is 0 Å². The van der Waals surface area contributed by atoms with Crippen LogP contribution in [0.2, 0.25) is 0 Å². The van der Waals surface area contributed by atoms with Gasteiger partial charge in [0.1, 0.15) is 5.67 Å². The molecular formula is C5H10BrFO. The molecule has 1 nitrogen and oxygen atoms in total. The zero-order chi connectivity index (χ0) is 6.62. The van der Waals surface area contributed by atoms with Crippen LogP contribution in [0.5, 0.6) is 0 Å². The predicted molar refractivity (Wildman–Crippen MR) is 35.2 cm³/mol. The van der Waals surface area contributed by atoms with Crippen LogP contribution >= 0.6 is 15.9 Å². The number of alkyl halides is 2. The van der Waals surface area contributed by atoms with Gasteiger partial charge in [-0.3, -0.25) is 0 Å².